The minimum absolute atomic E-state index is 0.0875. The average Bonchev–Trinajstić information content (AvgIpc) is 3.29. The molecule has 9 heteroatoms. The lowest BCUT2D eigenvalue weighted by atomic mass is 10.2. The molecular weight excluding hydrogens is 360 g/mol. The highest BCUT2D eigenvalue weighted by molar-refractivity contribution is 5.77. The van der Waals surface area contributed by atoms with Crippen LogP contribution in [0.25, 0.3) is 11.0 Å². The number of aromatic amines is 1. The fourth-order valence-corrected chi connectivity index (χ4v) is 3.36. The van der Waals surface area contributed by atoms with E-state index < -0.39 is 0 Å². The van der Waals surface area contributed by atoms with Crippen molar-refractivity contribution >= 4 is 17.1 Å². The Balaban J connectivity index is 1.36. The molecule has 2 aromatic heterocycles. The number of H-pyrrole nitrogens is 1. The summed E-state index contributed by atoms with van der Waals surface area (Å²) in [7, 11) is 3.31. The standard InChI is InChI=1S/C19H22N6O3/c1-11-21-16-10-25(9-13(16)18(26)24(11)2)19(27)20-7-6-17-22-14-5-4-12(28-3)8-15(14)23-17/h4-5,8H,6-7,9-10H2,1-3H3,(H,20,27)(H,22,23). The average molecular weight is 382 g/mol. The Morgan fingerprint density at radius 3 is 2.93 bits per heavy atom. The highest BCUT2D eigenvalue weighted by Gasteiger charge is 2.27. The lowest BCUT2D eigenvalue weighted by molar-refractivity contribution is 0.198. The number of aromatic nitrogens is 4. The van der Waals surface area contributed by atoms with Crippen molar-refractivity contribution in [1.82, 2.24) is 29.7 Å². The molecule has 0 atom stereocenters. The smallest absolute Gasteiger partial charge is 0.318 e. The molecule has 4 rings (SSSR count). The molecule has 1 aromatic carbocycles. The lowest BCUT2D eigenvalue weighted by Crippen LogP contribution is -2.37. The second-order valence-electron chi connectivity index (χ2n) is 6.85. The first-order chi connectivity index (χ1) is 13.5. The summed E-state index contributed by atoms with van der Waals surface area (Å²) < 4.78 is 6.72. The van der Waals surface area contributed by atoms with E-state index in [0.29, 0.717) is 36.6 Å². The number of benzene rings is 1. The van der Waals surface area contributed by atoms with Gasteiger partial charge in [0.2, 0.25) is 0 Å². The molecule has 0 fully saturated rings. The number of carbonyl (C=O) groups excluding carboxylic acids is 1. The van der Waals surface area contributed by atoms with Crippen molar-refractivity contribution in [3.8, 4) is 5.75 Å². The SMILES string of the molecule is COc1ccc2nc(CCNC(=O)N3Cc4nc(C)n(C)c(=O)c4C3)[nH]c2c1. The van der Waals surface area contributed by atoms with Crippen LogP contribution in [0, 0.1) is 6.92 Å². The van der Waals surface area contributed by atoms with Gasteiger partial charge in [0.05, 0.1) is 42.5 Å². The topological polar surface area (TPSA) is 105 Å². The van der Waals surface area contributed by atoms with Gasteiger partial charge < -0.3 is 19.9 Å². The van der Waals surface area contributed by atoms with Crippen molar-refractivity contribution < 1.29 is 9.53 Å². The van der Waals surface area contributed by atoms with E-state index in [1.807, 2.05) is 18.2 Å². The molecule has 0 radical (unpaired) electrons. The quantitative estimate of drug-likeness (QED) is 0.706. The van der Waals surface area contributed by atoms with Crippen LogP contribution in [-0.2, 0) is 26.6 Å². The molecule has 0 bridgehead atoms. The Morgan fingerprint density at radius 2 is 2.14 bits per heavy atom. The van der Waals surface area contributed by atoms with Gasteiger partial charge in [0.15, 0.2) is 0 Å². The Labute approximate surface area is 161 Å². The van der Waals surface area contributed by atoms with Crippen LogP contribution >= 0.6 is 0 Å². The molecule has 0 saturated carbocycles. The van der Waals surface area contributed by atoms with E-state index >= 15 is 0 Å². The molecule has 1 aliphatic rings. The number of imidazole rings is 1. The summed E-state index contributed by atoms with van der Waals surface area (Å²) in [4.78, 5) is 38.6. The van der Waals surface area contributed by atoms with Crippen LogP contribution in [0.2, 0.25) is 0 Å². The highest BCUT2D eigenvalue weighted by Crippen LogP contribution is 2.19. The Hall–Kier alpha value is -3.36. The van der Waals surface area contributed by atoms with E-state index in [-0.39, 0.29) is 18.1 Å². The first-order valence-electron chi connectivity index (χ1n) is 9.07. The summed E-state index contributed by atoms with van der Waals surface area (Å²) in [6.07, 6.45) is 0.572. The van der Waals surface area contributed by atoms with E-state index in [4.69, 9.17) is 4.74 Å². The Kier molecular flexibility index (Phi) is 4.50. The number of urea groups is 1. The number of ether oxygens (including phenoxy) is 1. The third-order valence-corrected chi connectivity index (χ3v) is 5.05. The Morgan fingerprint density at radius 1 is 1.32 bits per heavy atom. The third kappa shape index (κ3) is 3.19. The third-order valence-electron chi connectivity index (χ3n) is 5.05. The second kappa shape index (κ2) is 6.99. The summed E-state index contributed by atoms with van der Waals surface area (Å²) >= 11 is 0. The van der Waals surface area contributed by atoms with Crippen LogP contribution in [0.5, 0.6) is 5.75 Å². The first kappa shape index (κ1) is 18.0. The molecule has 3 heterocycles. The van der Waals surface area contributed by atoms with Gasteiger partial charge in [-0.3, -0.25) is 9.36 Å². The zero-order valence-corrected chi connectivity index (χ0v) is 16.1. The number of hydrogen-bond acceptors (Lipinski definition) is 5. The van der Waals surface area contributed by atoms with Crippen LogP contribution in [-0.4, -0.2) is 44.1 Å². The lowest BCUT2D eigenvalue weighted by Gasteiger charge is -2.15. The molecule has 3 aromatic rings. The van der Waals surface area contributed by atoms with Crippen LogP contribution in [0.15, 0.2) is 23.0 Å². The van der Waals surface area contributed by atoms with Gasteiger partial charge in [-0.05, 0) is 19.1 Å². The van der Waals surface area contributed by atoms with Crippen LogP contribution in [0.3, 0.4) is 0 Å². The van der Waals surface area contributed by atoms with E-state index in [1.165, 1.54) is 4.57 Å². The molecule has 0 unspecified atom stereocenters. The van der Waals surface area contributed by atoms with Gasteiger partial charge in [0, 0.05) is 26.1 Å². The van der Waals surface area contributed by atoms with E-state index in [1.54, 1.807) is 26.0 Å². The zero-order chi connectivity index (χ0) is 19.8. The van der Waals surface area contributed by atoms with Gasteiger partial charge in [-0.15, -0.1) is 0 Å². The Bertz CT molecular complexity index is 1120. The molecule has 1 aliphatic heterocycles. The molecule has 146 valence electrons. The molecule has 0 spiro atoms. The maximum Gasteiger partial charge on any atom is 0.318 e. The molecular formula is C19H22N6O3. The van der Waals surface area contributed by atoms with Crippen molar-refractivity contribution in [2.24, 2.45) is 7.05 Å². The van der Waals surface area contributed by atoms with E-state index in [2.05, 4.69) is 20.3 Å². The number of nitrogens with zero attached hydrogens (tertiary/aromatic N) is 4. The van der Waals surface area contributed by atoms with Crippen molar-refractivity contribution in [3.63, 3.8) is 0 Å². The van der Waals surface area contributed by atoms with Crippen LogP contribution in [0.4, 0.5) is 4.79 Å². The minimum atomic E-state index is -0.213. The number of amides is 2. The molecule has 9 nitrogen and oxygen atoms in total. The second-order valence-corrected chi connectivity index (χ2v) is 6.85. The van der Waals surface area contributed by atoms with Gasteiger partial charge in [0.25, 0.3) is 5.56 Å². The number of methoxy groups -OCH3 is 1. The predicted molar refractivity (Wildman–Crippen MR) is 103 cm³/mol. The molecule has 2 amide bonds. The van der Waals surface area contributed by atoms with Gasteiger partial charge in [0.1, 0.15) is 17.4 Å². The van der Waals surface area contributed by atoms with Crippen molar-refractivity contribution in [3.05, 3.63) is 51.5 Å². The molecule has 0 saturated heterocycles. The van der Waals surface area contributed by atoms with Gasteiger partial charge in [-0.1, -0.05) is 0 Å². The molecule has 2 N–H and O–H groups in total. The minimum Gasteiger partial charge on any atom is -0.497 e. The monoisotopic (exact) mass is 382 g/mol. The summed E-state index contributed by atoms with van der Waals surface area (Å²) in [6.45, 7) is 2.86. The van der Waals surface area contributed by atoms with Gasteiger partial charge >= 0.3 is 6.03 Å². The van der Waals surface area contributed by atoms with Crippen molar-refractivity contribution in [2.75, 3.05) is 13.7 Å². The summed E-state index contributed by atoms with van der Waals surface area (Å²) in [5, 5.41) is 2.89. The highest BCUT2D eigenvalue weighted by atomic mass is 16.5. The number of carbonyl (C=O) groups is 1. The maximum absolute atomic E-state index is 12.5. The largest absolute Gasteiger partial charge is 0.497 e. The van der Waals surface area contributed by atoms with Gasteiger partial charge in [-0.25, -0.2) is 14.8 Å². The number of rotatable bonds is 4. The normalized spacial score (nSPS) is 13.0. The van der Waals surface area contributed by atoms with Gasteiger partial charge in [-0.2, -0.15) is 0 Å². The van der Waals surface area contributed by atoms with Crippen molar-refractivity contribution in [2.45, 2.75) is 26.4 Å². The predicted octanol–water partition coefficient (Wildman–Crippen LogP) is 1.24. The van der Waals surface area contributed by atoms with Crippen LogP contribution in [0.1, 0.15) is 22.9 Å². The van der Waals surface area contributed by atoms with E-state index in [0.717, 1.165) is 22.6 Å². The maximum atomic E-state index is 12.5. The number of aryl methyl sites for hydroxylation is 1. The number of nitrogens with one attached hydrogen (secondary N) is 2. The number of fused-ring (bicyclic) bond motifs is 2. The summed E-state index contributed by atoms with van der Waals surface area (Å²) in [5.41, 5.74) is 2.94. The zero-order valence-electron chi connectivity index (χ0n) is 16.1. The summed E-state index contributed by atoms with van der Waals surface area (Å²) in [5.74, 6) is 2.20. The fourth-order valence-electron chi connectivity index (χ4n) is 3.36. The fraction of sp³-hybridized carbons (Fsp3) is 0.368. The number of hydrogen-bond donors (Lipinski definition) is 2. The molecule has 0 aliphatic carbocycles. The van der Waals surface area contributed by atoms with Crippen LogP contribution < -0.4 is 15.6 Å². The molecule has 28 heavy (non-hydrogen) atoms. The van der Waals surface area contributed by atoms with E-state index in [9.17, 15) is 9.59 Å². The summed E-state index contributed by atoms with van der Waals surface area (Å²) in [6, 6.07) is 5.43. The van der Waals surface area contributed by atoms with Crippen molar-refractivity contribution in [1.29, 1.82) is 0 Å². The first-order valence-corrected chi connectivity index (χ1v) is 9.07.